The van der Waals surface area contributed by atoms with E-state index in [9.17, 15) is 4.79 Å². The maximum absolute atomic E-state index is 10.2. The van der Waals surface area contributed by atoms with Crippen LogP contribution >= 0.6 is 0 Å². The van der Waals surface area contributed by atoms with Crippen molar-refractivity contribution in [2.75, 3.05) is 0 Å². The Balaban J connectivity index is 3.36. The largest absolute Gasteiger partial charge is 0.366 e. The smallest absolute Gasteiger partial charge is 0.241 e. The Bertz CT molecular complexity index is 159. The van der Waals surface area contributed by atoms with Crippen molar-refractivity contribution in [1.82, 2.24) is 0 Å². The van der Waals surface area contributed by atoms with Gasteiger partial charge in [0.1, 0.15) is 0 Å². The second-order valence-corrected chi connectivity index (χ2v) is 2.33. The molecule has 0 rings (SSSR count). The topological polar surface area (TPSA) is 43.1 Å². The second-order valence-electron chi connectivity index (χ2n) is 2.33. The third kappa shape index (κ3) is 8.95. The Morgan fingerprint density at radius 2 is 2.18 bits per heavy atom. The lowest BCUT2D eigenvalue weighted by molar-refractivity contribution is -0.113. The van der Waals surface area contributed by atoms with Gasteiger partial charge in [0.05, 0.1) is 0 Å². The van der Waals surface area contributed by atoms with E-state index in [1.54, 1.807) is 6.08 Å². The lowest BCUT2D eigenvalue weighted by Gasteiger charge is -1.85. The minimum atomic E-state index is -0.398. The van der Waals surface area contributed by atoms with E-state index in [-0.39, 0.29) is 0 Å². The van der Waals surface area contributed by atoms with Gasteiger partial charge in [0, 0.05) is 6.08 Å². The number of nitrogens with two attached hydrogens (primary N) is 1. The molecule has 0 aromatic carbocycles. The molecule has 0 aromatic heterocycles. The van der Waals surface area contributed by atoms with Crippen LogP contribution in [-0.2, 0) is 4.79 Å². The molecular weight excluding hydrogens is 138 g/mol. The van der Waals surface area contributed by atoms with Crippen LogP contribution in [0.4, 0.5) is 0 Å². The molecule has 0 bridgehead atoms. The SMILES string of the molecule is CCCCC=CC=CC(N)=O. The number of carbonyl (C=O) groups is 1. The summed E-state index contributed by atoms with van der Waals surface area (Å²) < 4.78 is 0. The summed E-state index contributed by atoms with van der Waals surface area (Å²) in [7, 11) is 0. The van der Waals surface area contributed by atoms with Gasteiger partial charge in [-0.3, -0.25) is 4.79 Å². The lowest BCUT2D eigenvalue weighted by Crippen LogP contribution is -2.04. The van der Waals surface area contributed by atoms with E-state index in [2.05, 4.69) is 6.92 Å². The molecule has 0 fully saturated rings. The zero-order valence-electron chi connectivity index (χ0n) is 6.92. The van der Waals surface area contributed by atoms with Gasteiger partial charge >= 0.3 is 0 Å². The molecule has 2 nitrogen and oxygen atoms in total. The van der Waals surface area contributed by atoms with Gasteiger partial charge in [-0.25, -0.2) is 0 Å². The first-order chi connectivity index (χ1) is 5.27. The summed E-state index contributed by atoms with van der Waals surface area (Å²) in [6.07, 6.45) is 10.4. The Labute approximate surface area is 67.8 Å². The zero-order chi connectivity index (χ0) is 8.53. The predicted molar refractivity (Wildman–Crippen MR) is 47.0 cm³/mol. The van der Waals surface area contributed by atoms with Crippen LogP contribution in [-0.4, -0.2) is 5.91 Å². The number of primary amides is 1. The number of carbonyl (C=O) groups excluding carboxylic acids is 1. The fourth-order valence-electron chi connectivity index (χ4n) is 0.647. The van der Waals surface area contributed by atoms with Crippen LogP contribution in [0.2, 0.25) is 0 Å². The molecule has 0 spiro atoms. The highest BCUT2D eigenvalue weighted by molar-refractivity contribution is 5.85. The van der Waals surface area contributed by atoms with Gasteiger partial charge < -0.3 is 5.73 Å². The van der Waals surface area contributed by atoms with Crippen molar-refractivity contribution in [3.05, 3.63) is 24.3 Å². The van der Waals surface area contributed by atoms with E-state index in [0.29, 0.717) is 0 Å². The summed E-state index contributed by atoms with van der Waals surface area (Å²) in [5, 5.41) is 0. The van der Waals surface area contributed by atoms with E-state index in [4.69, 9.17) is 5.73 Å². The molecule has 0 aromatic rings. The maximum Gasteiger partial charge on any atom is 0.241 e. The standard InChI is InChI=1S/C9H15NO/c1-2-3-4-5-6-7-8-9(10)11/h5-8H,2-4H2,1H3,(H2,10,11). The lowest BCUT2D eigenvalue weighted by atomic mass is 10.2. The molecule has 0 unspecified atom stereocenters. The van der Waals surface area contributed by atoms with E-state index >= 15 is 0 Å². The molecule has 11 heavy (non-hydrogen) atoms. The summed E-state index contributed by atoms with van der Waals surface area (Å²) in [5.74, 6) is -0.398. The minimum Gasteiger partial charge on any atom is -0.366 e. The Hall–Kier alpha value is -1.05. The third-order valence-electron chi connectivity index (χ3n) is 1.23. The average Bonchev–Trinajstić information content (AvgIpc) is 1.96. The predicted octanol–water partition coefficient (Wildman–Crippen LogP) is 1.77. The molecular formula is C9H15NO. The number of allylic oxidation sites excluding steroid dienone is 3. The normalized spacial score (nSPS) is 11.4. The second kappa shape index (κ2) is 7.06. The first-order valence-corrected chi connectivity index (χ1v) is 3.90. The minimum absolute atomic E-state index is 0.398. The van der Waals surface area contributed by atoms with Crippen molar-refractivity contribution < 1.29 is 4.79 Å². The highest BCUT2D eigenvalue weighted by atomic mass is 16.1. The van der Waals surface area contributed by atoms with Gasteiger partial charge in [-0.1, -0.05) is 38.0 Å². The number of hydrogen-bond acceptors (Lipinski definition) is 1. The van der Waals surface area contributed by atoms with Crippen LogP contribution < -0.4 is 5.73 Å². The van der Waals surface area contributed by atoms with Crippen LogP contribution in [0.15, 0.2) is 24.3 Å². The van der Waals surface area contributed by atoms with Gasteiger partial charge in [0.15, 0.2) is 0 Å². The molecule has 1 amide bonds. The van der Waals surface area contributed by atoms with Crippen molar-refractivity contribution in [2.45, 2.75) is 26.2 Å². The van der Waals surface area contributed by atoms with Crippen molar-refractivity contribution in [2.24, 2.45) is 5.73 Å². The summed E-state index contributed by atoms with van der Waals surface area (Å²) in [6, 6.07) is 0. The number of hydrogen-bond donors (Lipinski definition) is 1. The van der Waals surface area contributed by atoms with Crippen molar-refractivity contribution in [1.29, 1.82) is 0 Å². The Morgan fingerprint density at radius 3 is 2.73 bits per heavy atom. The average molecular weight is 153 g/mol. The molecule has 2 heteroatoms. The first-order valence-electron chi connectivity index (χ1n) is 3.90. The third-order valence-corrected chi connectivity index (χ3v) is 1.23. The summed E-state index contributed by atoms with van der Waals surface area (Å²) >= 11 is 0. The zero-order valence-corrected chi connectivity index (χ0v) is 6.92. The molecule has 2 N–H and O–H groups in total. The molecule has 0 aliphatic heterocycles. The highest BCUT2D eigenvalue weighted by Gasteiger charge is 1.78. The summed E-state index contributed by atoms with van der Waals surface area (Å²) in [5.41, 5.74) is 4.87. The van der Waals surface area contributed by atoms with Crippen LogP contribution in [0.1, 0.15) is 26.2 Å². The molecule has 0 saturated carbocycles. The van der Waals surface area contributed by atoms with Crippen molar-refractivity contribution >= 4 is 5.91 Å². The van der Waals surface area contributed by atoms with Crippen LogP contribution in [0, 0.1) is 0 Å². The van der Waals surface area contributed by atoms with E-state index in [0.717, 1.165) is 6.42 Å². The quantitative estimate of drug-likeness (QED) is 0.365. The fraction of sp³-hybridized carbons (Fsp3) is 0.444. The van der Waals surface area contributed by atoms with Gasteiger partial charge in [-0.2, -0.15) is 0 Å². The fourth-order valence-corrected chi connectivity index (χ4v) is 0.647. The Kier molecular flexibility index (Phi) is 6.39. The molecule has 0 aliphatic rings. The van der Waals surface area contributed by atoms with Gasteiger partial charge in [-0.15, -0.1) is 0 Å². The number of amides is 1. The summed E-state index contributed by atoms with van der Waals surface area (Å²) in [4.78, 5) is 10.2. The monoisotopic (exact) mass is 153 g/mol. The molecule has 0 radical (unpaired) electrons. The van der Waals surface area contributed by atoms with Crippen LogP contribution in [0.25, 0.3) is 0 Å². The van der Waals surface area contributed by atoms with E-state index in [1.807, 2.05) is 12.2 Å². The molecule has 0 heterocycles. The van der Waals surface area contributed by atoms with Crippen molar-refractivity contribution in [3.63, 3.8) is 0 Å². The molecule has 0 saturated heterocycles. The van der Waals surface area contributed by atoms with Crippen molar-refractivity contribution in [3.8, 4) is 0 Å². The highest BCUT2D eigenvalue weighted by Crippen LogP contribution is 1.94. The van der Waals surface area contributed by atoms with Gasteiger partial charge in [-0.05, 0) is 6.42 Å². The first kappa shape index (κ1) is 9.95. The molecule has 62 valence electrons. The van der Waals surface area contributed by atoms with Gasteiger partial charge in [0.2, 0.25) is 5.91 Å². The molecule has 0 atom stereocenters. The van der Waals surface area contributed by atoms with E-state index < -0.39 is 5.91 Å². The van der Waals surface area contributed by atoms with Crippen LogP contribution in [0.3, 0.4) is 0 Å². The van der Waals surface area contributed by atoms with Crippen LogP contribution in [0.5, 0.6) is 0 Å². The number of unbranched alkanes of at least 4 members (excludes halogenated alkanes) is 2. The maximum atomic E-state index is 10.2. The molecule has 0 aliphatic carbocycles. The Morgan fingerprint density at radius 1 is 1.45 bits per heavy atom. The number of rotatable bonds is 5. The van der Waals surface area contributed by atoms with Gasteiger partial charge in [0.25, 0.3) is 0 Å². The van der Waals surface area contributed by atoms with E-state index in [1.165, 1.54) is 18.9 Å². The summed E-state index contributed by atoms with van der Waals surface area (Å²) in [6.45, 7) is 2.15.